The number of carbonyl (C=O) groups is 2. The van der Waals surface area contributed by atoms with Crippen LogP contribution in [0.15, 0.2) is 12.1 Å². The minimum Gasteiger partial charge on any atom is -0.508 e. The fraction of sp³-hybridized carbons (Fsp3) is 0.652. The molecule has 1 heterocycles. The zero-order chi connectivity index (χ0) is 20.4. The average Bonchev–Trinajstić information content (AvgIpc) is 2.97. The number of Topliss-reactive ketones (excluding diaryl/α,β-unsaturated/α-hetero) is 1. The van der Waals surface area contributed by atoms with E-state index >= 15 is 0 Å². The Morgan fingerprint density at radius 1 is 1.00 bits per heavy atom. The van der Waals surface area contributed by atoms with Crippen LogP contribution in [0.4, 0.5) is 0 Å². The first-order valence-electron chi connectivity index (χ1n) is 10.6. The summed E-state index contributed by atoms with van der Waals surface area (Å²) in [5, 5.41) is 9.83. The second-order valence-electron chi connectivity index (χ2n) is 7.78. The Balaban J connectivity index is 1.56. The van der Waals surface area contributed by atoms with Gasteiger partial charge >= 0.3 is 5.97 Å². The lowest BCUT2D eigenvalue weighted by atomic mass is 9.98. The minimum atomic E-state index is -0.361. The van der Waals surface area contributed by atoms with Crippen LogP contribution in [0, 0.1) is 0 Å². The maximum atomic E-state index is 12.1. The molecule has 0 fully saturated rings. The lowest BCUT2D eigenvalue weighted by molar-refractivity contribution is -0.117. The number of methoxy groups -OCH3 is 1. The molecule has 0 saturated heterocycles. The van der Waals surface area contributed by atoms with Crippen LogP contribution in [0.5, 0.6) is 11.5 Å². The summed E-state index contributed by atoms with van der Waals surface area (Å²) in [5.41, 5.74) is 1.19. The quantitative estimate of drug-likeness (QED) is 0.317. The number of ether oxygens (including phenoxy) is 2. The van der Waals surface area contributed by atoms with Gasteiger partial charge in [-0.25, -0.2) is 4.79 Å². The van der Waals surface area contributed by atoms with Gasteiger partial charge in [-0.3, -0.25) is 0 Å². The van der Waals surface area contributed by atoms with Crippen LogP contribution in [0.25, 0.3) is 0 Å². The van der Waals surface area contributed by atoms with Crippen LogP contribution < -0.4 is 4.74 Å². The second kappa shape index (κ2) is 11.7. The number of cyclic esters (lactones) is 1. The molecular weight excluding hydrogens is 356 g/mol. The summed E-state index contributed by atoms with van der Waals surface area (Å²) >= 11 is 0. The zero-order valence-electron chi connectivity index (χ0n) is 17.3. The number of ketones is 1. The van der Waals surface area contributed by atoms with Crippen molar-refractivity contribution in [2.24, 2.45) is 0 Å². The highest BCUT2D eigenvalue weighted by Crippen LogP contribution is 2.41. The van der Waals surface area contributed by atoms with Gasteiger partial charge in [0.05, 0.1) is 7.11 Å². The number of esters is 1. The van der Waals surface area contributed by atoms with E-state index in [0.717, 1.165) is 37.7 Å². The number of fused-ring (bicyclic) bond motifs is 1. The van der Waals surface area contributed by atoms with Crippen molar-refractivity contribution in [3.8, 4) is 11.5 Å². The molecular formula is C23H34O5. The highest BCUT2D eigenvalue weighted by molar-refractivity contribution is 5.97. The van der Waals surface area contributed by atoms with Gasteiger partial charge in [0.2, 0.25) is 0 Å². The van der Waals surface area contributed by atoms with Gasteiger partial charge in [-0.15, -0.1) is 0 Å². The second-order valence-corrected chi connectivity index (χ2v) is 7.78. The van der Waals surface area contributed by atoms with E-state index in [0.29, 0.717) is 17.1 Å². The zero-order valence-corrected chi connectivity index (χ0v) is 17.3. The maximum absolute atomic E-state index is 12.1. The number of phenolic OH excluding ortho intramolecular Hbond substituents is 1. The Hall–Kier alpha value is -2.04. The Kier molecular flexibility index (Phi) is 9.32. The molecule has 0 spiro atoms. The van der Waals surface area contributed by atoms with Crippen LogP contribution >= 0.6 is 0 Å². The highest BCUT2D eigenvalue weighted by Gasteiger charge is 2.34. The Morgan fingerprint density at radius 2 is 1.57 bits per heavy atom. The van der Waals surface area contributed by atoms with E-state index in [-0.39, 0.29) is 17.8 Å². The molecule has 5 heteroatoms. The molecule has 1 N–H and O–H groups in total. The smallest absolute Gasteiger partial charge is 0.342 e. The monoisotopic (exact) mass is 390 g/mol. The van der Waals surface area contributed by atoms with Gasteiger partial charge in [0, 0.05) is 18.1 Å². The maximum Gasteiger partial charge on any atom is 0.342 e. The van der Waals surface area contributed by atoms with Crippen molar-refractivity contribution < 1.29 is 24.2 Å². The molecule has 0 aliphatic carbocycles. The summed E-state index contributed by atoms with van der Waals surface area (Å²) in [6, 6.07) is 3.07. The van der Waals surface area contributed by atoms with E-state index in [4.69, 9.17) is 9.47 Å². The Bertz CT molecular complexity index is 653. The highest BCUT2D eigenvalue weighted by atomic mass is 16.6. The first kappa shape index (κ1) is 22.3. The summed E-state index contributed by atoms with van der Waals surface area (Å²) in [6.07, 6.45) is 13.0. The van der Waals surface area contributed by atoms with E-state index in [2.05, 4.69) is 0 Å². The summed E-state index contributed by atoms with van der Waals surface area (Å²) in [7, 11) is 1.49. The molecule has 1 aromatic rings. The van der Waals surface area contributed by atoms with Gasteiger partial charge in [-0.05, 0) is 32.3 Å². The molecule has 0 radical (unpaired) electrons. The fourth-order valence-electron chi connectivity index (χ4n) is 3.84. The summed E-state index contributed by atoms with van der Waals surface area (Å²) < 4.78 is 10.7. The van der Waals surface area contributed by atoms with Crippen molar-refractivity contribution in [3.63, 3.8) is 0 Å². The summed E-state index contributed by atoms with van der Waals surface area (Å²) in [5.74, 6) is 0.413. The van der Waals surface area contributed by atoms with Crippen molar-refractivity contribution in [1.29, 1.82) is 0 Å². The average molecular weight is 391 g/mol. The predicted molar refractivity (Wildman–Crippen MR) is 109 cm³/mol. The molecule has 0 bridgehead atoms. The van der Waals surface area contributed by atoms with Gasteiger partial charge in [-0.2, -0.15) is 0 Å². The first-order chi connectivity index (χ1) is 13.5. The molecule has 1 aliphatic rings. The lowest BCUT2D eigenvalue weighted by Crippen LogP contribution is -1.99. The van der Waals surface area contributed by atoms with E-state index in [9.17, 15) is 14.7 Å². The van der Waals surface area contributed by atoms with Gasteiger partial charge in [-0.1, -0.05) is 51.4 Å². The number of aromatic hydroxyl groups is 1. The molecule has 0 saturated carbocycles. The van der Waals surface area contributed by atoms with Crippen molar-refractivity contribution >= 4 is 11.8 Å². The molecule has 2 rings (SSSR count). The van der Waals surface area contributed by atoms with Crippen LogP contribution in [0.2, 0.25) is 0 Å². The van der Waals surface area contributed by atoms with Crippen LogP contribution in [-0.4, -0.2) is 24.0 Å². The third-order valence-electron chi connectivity index (χ3n) is 5.38. The molecule has 1 atom stereocenters. The number of unbranched alkanes of at least 4 members (excludes halogenated alkanes) is 9. The number of rotatable bonds is 14. The van der Waals surface area contributed by atoms with Crippen molar-refractivity contribution in [3.05, 3.63) is 23.3 Å². The molecule has 5 nitrogen and oxygen atoms in total. The summed E-state index contributed by atoms with van der Waals surface area (Å²) in [6.45, 7) is 1.66. The molecule has 0 unspecified atom stereocenters. The molecule has 28 heavy (non-hydrogen) atoms. The SMILES string of the molecule is COc1cc(O)cc2c1C(=O)O[C@@H]2CCCCCCCCCCCCC(C)=O. The molecule has 1 aromatic carbocycles. The van der Waals surface area contributed by atoms with Gasteiger partial charge in [0.1, 0.15) is 28.9 Å². The van der Waals surface area contributed by atoms with Crippen molar-refractivity contribution in [1.82, 2.24) is 0 Å². The standard InChI is InChI=1S/C23H34O5/c1-17(24)13-11-9-7-5-3-4-6-8-10-12-14-20-19-15-18(25)16-21(27-2)22(19)23(26)28-20/h15-16,20,25H,3-14H2,1-2H3/t20-/m1/s1. The Morgan fingerprint density at radius 3 is 2.14 bits per heavy atom. The van der Waals surface area contributed by atoms with E-state index < -0.39 is 0 Å². The molecule has 0 aromatic heterocycles. The van der Waals surface area contributed by atoms with E-state index in [1.165, 1.54) is 58.1 Å². The number of hydrogen-bond acceptors (Lipinski definition) is 5. The van der Waals surface area contributed by atoms with Crippen LogP contribution in [-0.2, 0) is 9.53 Å². The molecule has 0 amide bonds. The molecule has 1 aliphatic heterocycles. The van der Waals surface area contributed by atoms with Crippen molar-refractivity contribution in [2.75, 3.05) is 7.11 Å². The third-order valence-corrected chi connectivity index (χ3v) is 5.38. The minimum absolute atomic E-state index is 0.0974. The largest absolute Gasteiger partial charge is 0.508 e. The molecule has 156 valence electrons. The fourth-order valence-corrected chi connectivity index (χ4v) is 3.84. The normalized spacial score (nSPS) is 15.4. The Labute approximate surface area is 168 Å². The van der Waals surface area contributed by atoms with E-state index in [1.807, 2.05) is 0 Å². The van der Waals surface area contributed by atoms with Crippen LogP contribution in [0.1, 0.15) is 106 Å². The third kappa shape index (κ3) is 6.84. The van der Waals surface area contributed by atoms with Crippen LogP contribution in [0.3, 0.4) is 0 Å². The predicted octanol–water partition coefficient (Wildman–Crippen LogP) is 5.88. The van der Waals surface area contributed by atoms with E-state index in [1.54, 1.807) is 13.0 Å². The summed E-state index contributed by atoms with van der Waals surface area (Å²) in [4.78, 5) is 23.0. The number of hydrogen-bond donors (Lipinski definition) is 1. The van der Waals surface area contributed by atoms with Gasteiger partial charge in [0.25, 0.3) is 0 Å². The first-order valence-corrected chi connectivity index (χ1v) is 10.6. The van der Waals surface area contributed by atoms with Gasteiger partial charge < -0.3 is 19.4 Å². The number of benzene rings is 1. The van der Waals surface area contributed by atoms with Crippen molar-refractivity contribution in [2.45, 2.75) is 90.1 Å². The number of carbonyl (C=O) groups excluding carboxylic acids is 2. The topological polar surface area (TPSA) is 72.8 Å². The number of phenols is 1. The van der Waals surface area contributed by atoms with Gasteiger partial charge in [0.15, 0.2) is 0 Å². The lowest BCUT2D eigenvalue weighted by Gasteiger charge is -2.11.